The lowest BCUT2D eigenvalue weighted by Crippen LogP contribution is -2.33. The van der Waals surface area contributed by atoms with Crippen LogP contribution in [0.1, 0.15) is 21.6 Å². The first-order valence-corrected chi connectivity index (χ1v) is 9.31. The Kier molecular flexibility index (Phi) is 7.00. The van der Waals surface area contributed by atoms with Crippen molar-refractivity contribution in [3.63, 3.8) is 0 Å². The zero-order valence-electron chi connectivity index (χ0n) is 16.3. The molecule has 0 aliphatic heterocycles. The maximum absolute atomic E-state index is 12.5. The number of nitrogens with zero attached hydrogens (tertiary/aromatic N) is 2. The first-order chi connectivity index (χ1) is 13.7. The molecular formula is C21H26N4O3. The Morgan fingerprint density at radius 3 is 2.82 bits per heavy atom. The van der Waals surface area contributed by atoms with Crippen LogP contribution in [0.15, 0.2) is 48.8 Å². The Bertz CT molecular complexity index is 923. The van der Waals surface area contributed by atoms with E-state index in [0.29, 0.717) is 37.6 Å². The Morgan fingerprint density at radius 1 is 1.11 bits per heavy atom. The van der Waals surface area contributed by atoms with Crippen LogP contribution in [-0.4, -0.2) is 48.6 Å². The third-order valence-corrected chi connectivity index (χ3v) is 4.23. The highest BCUT2D eigenvalue weighted by Gasteiger charge is 2.12. The normalized spacial score (nSPS) is 10.9. The molecule has 0 aliphatic rings. The van der Waals surface area contributed by atoms with E-state index in [1.165, 1.54) is 0 Å². The molecule has 7 nitrogen and oxygen atoms in total. The number of pyridine rings is 1. The van der Waals surface area contributed by atoms with Crippen LogP contribution in [0.25, 0.3) is 5.65 Å². The summed E-state index contributed by atoms with van der Waals surface area (Å²) in [4.78, 5) is 17.0. The molecule has 2 N–H and O–H groups in total. The van der Waals surface area contributed by atoms with Gasteiger partial charge < -0.3 is 24.5 Å². The number of carbonyl (C=O) groups excluding carboxylic acids is 1. The predicted octanol–water partition coefficient (Wildman–Crippen LogP) is 2.19. The number of amides is 1. The Morgan fingerprint density at radius 2 is 1.96 bits per heavy atom. The first kappa shape index (κ1) is 19.9. The lowest BCUT2D eigenvalue weighted by Gasteiger charge is -2.11. The van der Waals surface area contributed by atoms with Crippen molar-refractivity contribution in [1.29, 1.82) is 0 Å². The molecule has 0 saturated carbocycles. The average Bonchev–Trinajstić information content (AvgIpc) is 3.11. The van der Waals surface area contributed by atoms with E-state index < -0.39 is 0 Å². The lowest BCUT2D eigenvalue weighted by atomic mass is 10.2. The fourth-order valence-electron chi connectivity index (χ4n) is 2.82. The van der Waals surface area contributed by atoms with Crippen molar-refractivity contribution < 1.29 is 14.3 Å². The van der Waals surface area contributed by atoms with Crippen molar-refractivity contribution >= 4 is 11.6 Å². The van der Waals surface area contributed by atoms with Gasteiger partial charge in [0.05, 0.1) is 17.9 Å². The maximum Gasteiger partial charge on any atom is 0.255 e. The maximum atomic E-state index is 12.5. The highest BCUT2D eigenvalue weighted by atomic mass is 16.5. The predicted molar refractivity (Wildman–Crippen MR) is 108 cm³/mol. The van der Waals surface area contributed by atoms with Crippen LogP contribution < -0.4 is 15.4 Å². The number of carbonyl (C=O) groups is 1. The van der Waals surface area contributed by atoms with Gasteiger partial charge >= 0.3 is 0 Å². The van der Waals surface area contributed by atoms with E-state index in [4.69, 9.17) is 9.47 Å². The zero-order valence-corrected chi connectivity index (χ0v) is 16.3. The second-order valence-corrected chi connectivity index (χ2v) is 6.49. The van der Waals surface area contributed by atoms with Gasteiger partial charge in [-0.2, -0.15) is 0 Å². The van der Waals surface area contributed by atoms with E-state index in [-0.39, 0.29) is 5.91 Å². The van der Waals surface area contributed by atoms with Crippen LogP contribution in [0.4, 0.5) is 0 Å². The summed E-state index contributed by atoms with van der Waals surface area (Å²) in [5.74, 6) is 0.385. The van der Waals surface area contributed by atoms with Crippen LogP contribution in [0.3, 0.4) is 0 Å². The quantitative estimate of drug-likeness (QED) is 0.526. The molecule has 0 saturated heterocycles. The first-order valence-electron chi connectivity index (χ1n) is 9.31. The number of rotatable bonds is 10. The number of fused-ring (bicyclic) bond motifs is 1. The highest BCUT2D eigenvalue weighted by Crippen LogP contribution is 2.19. The molecule has 0 unspecified atom stereocenters. The number of methoxy groups -OCH3 is 1. The third kappa shape index (κ3) is 5.31. The summed E-state index contributed by atoms with van der Waals surface area (Å²) in [6, 6.07) is 11.2. The van der Waals surface area contributed by atoms with Gasteiger partial charge in [-0.15, -0.1) is 0 Å². The standard InChI is InChI=1S/C21H26N4O3/c1-16-7-8-20-24-17(14-25(20)13-16)15-28-19-6-4-3-5-18(19)21(26)23-10-9-22-11-12-27-2/h3-8,13-14,22H,9-12,15H2,1-2H3,(H,23,26). The fraction of sp³-hybridized carbons (Fsp3) is 0.333. The van der Waals surface area contributed by atoms with E-state index in [1.807, 2.05) is 48.0 Å². The van der Waals surface area contributed by atoms with Gasteiger partial charge in [-0.1, -0.05) is 18.2 Å². The number of hydrogen-bond donors (Lipinski definition) is 2. The van der Waals surface area contributed by atoms with Crippen molar-refractivity contribution in [2.45, 2.75) is 13.5 Å². The van der Waals surface area contributed by atoms with E-state index in [1.54, 1.807) is 19.2 Å². The summed E-state index contributed by atoms with van der Waals surface area (Å²) in [7, 11) is 1.66. The molecule has 148 valence electrons. The van der Waals surface area contributed by atoms with E-state index in [2.05, 4.69) is 15.6 Å². The average molecular weight is 382 g/mol. The molecule has 0 atom stereocenters. The minimum absolute atomic E-state index is 0.158. The van der Waals surface area contributed by atoms with Crippen molar-refractivity contribution in [1.82, 2.24) is 20.0 Å². The van der Waals surface area contributed by atoms with E-state index in [9.17, 15) is 4.79 Å². The lowest BCUT2D eigenvalue weighted by molar-refractivity contribution is 0.0949. The summed E-state index contributed by atoms with van der Waals surface area (Å²) in [6.07, 6.45) is 3.96. The third-order valence-electron chi connectivity index (χ3n) is 4.23. The van der Waals surface area contributed by atoms with Gasteiger partial charge in [-0.3, -0.25) is 4.79 Å². The molecule has 2 heterocycles. The summed E-state index contributed by atoms with van der Waals surface area (Å²) in [5, 5.41) is 6.09. The number of ether oxygens (including phenoxy) is 2. The Labute approximate surface area is 164 Å². The molecule has 7 heteroatoms. The van der Waals surface area contributed by atoms with Gasteiger partial charge in [0.15, 0.2) is 0 Å². The van der Waals surface area contributed by atoms with Crippen molar-refractivity contribution in [2.75, 3.05) is 33.4 Å². The molecule has 3 aromatic rings. The summed E-state index contributed by atoms with van der Waals surface area (Å²) in [6.45, 7) is 4.94. The van der Waals surface area contributed by atoms with E-state index in [0.717, 1.165) is 23.4 Å². The van der Waals surface area contributed by atoms with Gasteiger partial charge in [0.1, 0.15) is 18.0 Å². The SMILES string of the molecule is COCCNCCNC(=O)c1ccccc1OCc1cn2cc(C)ccc2n1. The molecule has 3 rings (SSSR count). The van der Waals surface area contributed by atoms with Gasteiger partial charge in [0.25, 0.3) is 5.91 Å². The minimum atomic E-state index is -0.158. The van der Waals surface area contributed by atoms with Crippen molar-refractivity contribution in [3.05, 3.63) is 65.6 Å². The van der Waals surface area contributed by atoms with Crippen LogP contribution in [0.5, 0.6) is 5.75 Å². The number of aromatic nitrogens is 2. The largest absolute Gasteiger partial charge is 0.486 e. The fourth-order valence-corrected chi connectivity index (χ4v) is 2.82. The molecular weight excluding hydrogens is 356 g/mol. The summed E-state index contributed by atoms with van der Waals surface area (Å²) < 4.78 is 12.8. The summed E-state index contributed by atoms with van der Waals surface area (Å²) in [5.41, 5.74) is 3.36. The monoisotopic (exact) mass is 382 g/mol. The zero-order chi connectivity index (χ0) is 19.8. The molecule has 0 bridgehead atoms. The van der Waals surface area contributed by atoms with E-state index >= 15 is 0 Å². The molecule has 0 fully saturated rings. The smallest absolute Gasteiger partial charge is 0.255 e. The Hall–Kier alpha value is -2.90. The van der Waals surface area contributed by atoms with Gasteiger partial charge in [-0.05, 0) is 30.7 Å². The van der Waals surface area contributed by atoms with Crippen molar-refractivity contribution in [2.24, 2.45) is 0 Å². The van der Waals surface area contributed by atoms with Crippen LogP contribution in [-0.2, 0) is 11.3 Å². The number of aryl methyl sites for hydroxylation is 1. The molecule has 0 radical (unpaired) electrons. The molecule has 1 aromatic carbocycles. The van der Waals surface area contributed by atoms with Gasteiger partial charge in [0.2, 0.25) is 0 Å². The van der Waals surface area contributed by atoms with Crippen LogP contribution in [0.2, 0.25) is 0 Å². The van der Waals surface area contributed by atoms with Crippen molar-refractivity contribution in [3.8, 4) is 5.75 Å². The molecule has 0 spiro atoms. The second kappa shape index (κ2) is 9.87. The molecule has 0 aliphatic carbocycles. The Balaban J connectivity index is 1.57. The molecule has 2 aromatic heterocycles. The molecule has 1 amide bonds. The number of para-hydroxylation sites is 1. The minimum Gasteiger partial charge on any atom is -0.486 e. The van der Waals surface area contributed by atoms with Crippen LogP contribution >= 0.6 is 0 Å². The number of nitrogens with one attached hydrogen (secondary N) is 2. The number of hydrogen-bond acceptors (Lipinski definition) is 5. The highest BCUT2D eigenvalue weighted by molar-refractivity contribution is 5.96. The van der Waals surface area contributed by atoms with Gasteiger partial charge in [0, 0.05) is 39.1 Å². The molecule has 28 heavy (non-hydrogen) atoms. The van der Waals surface area contributed by atoms with Crippen LogP contribution in [0, 0.1) is 6.92 Å². The topological polar surface area (TPSA) is 76.9 Å². The number of benzene rings is 1. The summed E-state index contributed by atoms with van der Waals surface area (Å²) >= 11 is 0. The number of imidazole rings is 1. The van der Waals surface area contributed by atoms with Gasteiger partial charge in [-0.25, -0.2) is 4.98 Å². The second-order valence-electron chi connectivity index (χ2n) is 6.49.